The number of furan rings is 1. The lowest BCUT2D eigenvalue weighted by Crippen LogP contribution is -2.48. The van der Waals surface area contributed by atoms with Gasteiger partial charge in [0, 0.05) is 26.2 Å². The molecule has 2 N–H and O–H groups in total. The standard InChI is InChI=1S/C15H25N3O2/c1-13-5-6-14(20-13)15(19)18-11-9-17(10-12-18)8-4-2-3-7-16/h5-6H,2-4,7-12,16H2,1H3. The van der Waals surface area contributed by atoms with E-state index < -0.39 is 0 Å². The fourth-order valence-corrected chi connectivity index (χ4v) is 2.54. The molecule has 1 fully saturated rings. The van der Waals surface area contributed by atoms with Crippen molar-refractivity contribution in [2.24, 2.45) is 5.73 Å². The Morgan fingerprint density at radius 3 is 2.55 bits per heavy atom. The molecule has 1 saturated heterocycles. The van der Waals surface area contributed by atoms with Crippen LogP contribution in [0.25, 0.3) is 0 Å². The van der Waals surface area contributed by atoms with Crippen molar-refractivity contribution in [2.75, 3.05) is 39.3 Å². The third-order valence-electron chi connectivity index (χ3n) is 3.79. The molecule has 0 atom stereocenters. The first-order chi connectivity index (χ1) is 9.70. The van der Waals surface area contributed by atoms with Crippen LogP contribution in [0.3, 0.4) is 0 Å². The monoisotopic (exact) mass is 279 g/mol. The predicted molar refractivity (Wildman–Crippen MR) is 78.7 cm³/mol. The molecule has 0 radical (unpaired) electrons. The summed E-state index contributed by atoms with van der Waals surface area (Å²) < 4.78 is 5.40. The van der Waals surface area contributed by atoms with Gasteiger partial charge in [-0.25, -0.2) is 0 Å². The molecule has 0 spiro atoms. The molecule has 2 heterocycles. The molecule has 20 heavy (non-hydrogen) atoms. The van der Waals surface area contributed by atoms with E-state index in [9.17, 15) is 4.79 Å². The van der Waals surface area contributed by atoms with Crippen LogP contribution >= 0.6 is 0 Å². The van der Waals surface area contributed by atoms with Crippen LogP contribution in [0.5, 0.6) is 0 Å². The lowest BCUT2D eigenvalue weighted by atomic mass is 10.2. The van der Waals surface area contributed by atoms with Crippen molar-refractivity contribution < 1.29 is 9.21 Å². The van der Waals surface area contributed by atoms with Crippen molar-refractivity contribution in [1.82, 2.24) is 9.80 Å². The molecule has 1 aliphatic rings. The van der Waals surface area contributed by atoms with Crippen LogP contribution in [0.2, 0.25) is 0 Å². The Hall–Kier alpha value is -1.33. The predicted octanol–water partition coefficient (Wildman–Crippen LogP) is 1.47. The number of hydrogen-bond donors (Lipinski definition) is 1. The number of carbonyl (C=O) groups excluding carboxylic acids is 1. The van der Waals surface area contributed by atoms with Crippen molar-refractivity contribution in [3.63, 3.8) is 0 Å². The fraction of sp³-hybridized carbons (Fsp3) is 0.667. The van der Waals surface area contributed by atoms with Crippen LogP contribution in [0.1, 0.15) is 35.6 Å². The van der Waals surface area contributed by atoms with Crippen LogP contribution in [0.4, 0.5) is 0 Å². The van der Waals surface area contributed by atoms with Gasteiger partial charge in [-0.2, -0.15) is 0 Å². The quantitative estimate of drug-likeness (QED) is 0.801. The van der Waals surface area contributed by atoms with Crippen LogP contribution in [0.15, 0.2) is 16.5 Å². The molecule has 5 nitrogen and oxygen atoms in total. The zero-order chi connectivity index (χ0) is 14.4. The SMILES string of the molecule is Cc1ccc(C(=O)N2CCN(CCCCCN)CC2)o1. The van der Waals surface area contributed by atoms with Gasteiger partial charge in [-0.15, -0.1) is 0 Å². The van der Waals surface area contributed by atoms with Crippen molar-refractivity contribution >= 4 is 5.91 Å². The van der Waals surface area contributed by atoms with Gasteiger partial charge in [0.1, 0.15) is 5.76 Å². The first kappa shape index (κ1) is 15.1. The summed E-state index contributed by atoms with van der Waals surface area (Å²) in [7, 11) is 0. The van der Waals surface area contributed by atoms with Crippen LogP contribution in [0, 0.1) is 6.92 Å². The van der Waals surface area contributed by atoms with Gasteiger partial charge in [0.25, 0.3) is 5.91 Å². The van der Waals surface area contributed by atoms with Crippen LogP contribution < -0.4 is 5.73 Å². The van der Waals surface area contributed by atoms with E-state index >= 15 is 0 Å². The zero-order valence-corrected chi connectivity index (χ0v) is 12.3. The van der Waals surface area contributed by atoms with Gasteiger partial charge in [0.2, 0.25) is 0 Å². The summed E-state index contributed by atoms with van der Waals surface area (Å²) >= 11 is 0. The normalized spacial score (nSPS) is 16.6. The maximum Gasteiger partial charge on any atom is 0.289 e. The number of unbranched alkanes of at least 4 members (excludes halogenated alkanes) is 2. The van der Waals surface area contributed by atoms with E-state index in [4.69, 9.17) is 10.2 Å². The van der Waals surface area contributed by atoms with E-state index in [-0.39, 0.29) is 5.91 Å². The van der Waals surface area contributed by atoms with Crippen LogP contribution in [-0.4, -0.2) is 55.0 Å². The largest absolute Gasteiger partial charge is 0.456 e. The number of piperazine rings is 1. The number of rotatable bonds is 6. The topological polar surface area (TPSA) is 62.7 Å². The van der Waals surface area contributed by atoms with Gasteiger partial charge in [-0.05, 0) is 45.0 Å². The van der Waals surface area contributed by atoms with E-state index in [1.54, 1.807) is 6.07 Å². The second-order valence-electron chi connectivity index (χ2n) is 5.39. The molecule has 5 heteroatoms. The summed E-state index contributed by atoms with van der Waals surface area (Å²) in [6.45, 7) is 7.23. The van der Waals surface area contributed by atoms with E-state index in [1.165, 1.54) is 12.8 Å². The first-order valence-corrected chi connectivity index (χ1v) is 7.49. The number of nitrogens with zero attached hydrogens (tertiary/aromatic N) is 2. The average molecular weight is 279 g/mol. The first-order valence-electron chi connectivity index (χ1n) is 7.49. The van der Waals surface area contributed by atoms with E-state index in [0.29, 0.717) is 5.76 Å². The van der Waals surface area contributed by atoms with Gasteiger partial charge in [0.05, 0.1) is 0 Å². The van der Waals surface area contributed by atoms with E-state index in [1.807, 2.05) is 17.9 Å². The molecule has 1 amide bonds. The highest BCUT2D eigenvalue weighted by Crippen LogP contribution is 2.12. The number of amides is 1. The molecular formula is C15H25N3O2. The molecule has 0 aliphatic carbocycles. The smallest absolute Gasteiger partial charge is 0.289 e. The molecule has 112 valence electrons. The van der Waals surface area contributed by atoms with Crippen molar-refractivity contribution in [2.45, 2.75) is 26.2 Å². The fourth-order valence-electron chi connectivity index (χ4n) is 2.54. The molecule has 1 aliphatic heterocycles. The Morgan fingerprint density at radius 1 is 1.20 bits per heavy atom. The van der Waals surface area contributed by atoms with E-state index in [2.05, 4.69) is 4.90 Å². The highest BCUT2D eigenvalue weighted by molar-refractivity contribution is 5.91. The highest BCUT2D eigenvalue weighted by Gasteiger charge is 2.23. The van der Waals surface area contributed by atoms with E-state index in [0.717, 1.165) is 51.4 Å². The number of aryl methyl sites for hydroxylation is 1. The maximum absolute atomic E-state index is 12.2. The summed E-state index contributed by atoms with van der Waals surface area (Å²) in [4.78, 5) is 16.5. The summed E-state index contributed by atoms with van der Waals surface area (Å²) in [5.74, 6) is 1.26. The summed E-state index contributed by atoms with van der Waals surface area (Å²) in [5.41, 5.74) is 5.49. The Labute approximate surface area is 120 Å². The van der Waals surface area contributed by atoms with Crippen molar-refractivity contribution in [1.29, 1.82) is 0 Å². The van der Waals surface area contributed by atoms with Gasteiger partial charge in [-0.3, -0.25) is 9.69 Å². The second-order valence-corrected chi connectivity index (χ2v) is 5.39. The molecule has 0 saturated carbocycles. The number of hydrogen-bond acceptors (Lipinski definition) is 4. The molecule has 0 unspecified atom stereocenters. The van der Waals surface area contributed by atoms with Crippen molar-refractivity contribution in [3.8, 4) is 0 Å². The average Bonchev–Trinajstić information content (AvgIpc) is 2.90. The lowest BCUT2D eigenvalue weighted by molar-refractivity contribution is 0.0603. The molecule has 1 aromatic rings. The minimum absolute atomic E-state index is 0.0147. The zero-order valence-electron chi connectivity index (χ0n) is 12.3. The summed E-state index contributed by atoms with van der Waals surface area (Å²) in [6, 6.07) is 3.60. The Balaban J connectivity index is 1.72. The van der Waals surface area contributed by atoms with Crippen molar-refractivity contribution in [3.05, 3.63) is 23.7 Å². The third kappa shape index (κ3) is 4.08. The Bertz CT molecular complexity index is 423. The molecule has 1 aromatic heterocycles. The lowest BCUT2D eigenvalue weighted by Gasteiger charge is -2.34. The van der Waals surface area contributed by atoms with Gasteiger partial charge in [-0.1, -0.05) is 6.42 Å². The highest BCUT2D eigenvalue weighted by atomic mass is 16.3. The second kappa shape index (κ2) is 7.45. The summed E-state index contributed by atoms with van der Waals surface area (Å²) in [6.07, 6.45) is 3.50. The number of nitrogens with two attached hydrogens (primary N) is 1. The van der Waals surface area contributed by atoms with Gasteiger partial charge >= 0.3 is 0 Å². The minimum Gasteiger partial charge on any atom is -0.456 e. The maximum atomic E-state index is 12.2. The van der Waals surface area contributed by atoms with Gasteiger partial charge in [0.15, 0.2) is 5.76 Å². The summed E-state index contributed by atoms with van der Waals surface area (Å²) in [5, 5.41) is 0. The Morgan fingerprint density at radius 2 is 1.95 bits per heavy atom. The molecular weight excluding hydrogens is 254 g/mol. The molecule has 0 aromatic carbocycles. The minimum atomic E-state index is 0.0147. The van der Waals surface area contributed by atoms with Crippen LogP contribution in [-0.2, 0) is 0 Å². The molecule has 2 rings (SSSR count). The van der Waals surface area contributed by atoms with Gasteiger partial charge < -0.3 is 15.1 Å². The number of carbonyl (C=O) groups is 1. The third-order valence-corrected chi connectivity index (χ3v) is 3.79. The Kier molecular flexibility index (Phi) is 5.61. The molecule has 0 bridgehead atoms.